The molecule has 7 heteroatoms. The van der Waals surface area contributed by atoms with Crippen LogP contribution in [0.15, 0.2) is 54.6 Å². The molecule has 36 heavy (non-hydrogen) atoms. The fourth-order valence-electron chi connectivity index (χ4n) is 6.38. The van der Waals surface area contributed by atoms with Crippen molar-refractivity contribution in [2.75, 3.05) is 18.5 Å². The zero-order valence-corrected chi connectivity index (χ0v) is 20.8. The van der Waals surface area contributed by atoms with Gasteiger partial charge in [0.2, 0.25) is 11.8 Å². The molecule has 0 aromatic heterocycles. The Hall–Kier alpha value is -3.35. The molecule has 1 saturated heterocycles. The molecule has 0 bridgehead atoms. The van der Waals surface area contributed by atoms with Gasteiger partial charge in [-0.2, -0.15) is 0 Å². The predicted molar refractivity (Wildman–Crippen MR) is 137 cm³/mol. The van der Waals surface area contributed by atoms with Gasteiger partial charge in [-0.3, -0.25) is 14.4 Å². The lowest BCUT2D eigenvalue weighted by Crippen LogP contribution is -2.50. The number of ether oxygens (including phenoxy) is 1. The van der Waals surface area contributed by atoms with Crippen LogP contribution in [0, 0.1) is 11.8 Å². The summed E-state index contributed by atoms with van der Waals surface area (Å²) in [7, 11) is 0. The van der Waals surface area contributed by atoms with Gasteiger partial charge in [0.25, 0.3) is 0 Å². The van der Waals surface area contributed by atoms with Crippen LogP contribution in [0.4, 0.5) is 5.69 Å². The quantitative estimate of drug-likeness (QED) is 0.465. The van der Waals surface area contributed by atoms with Crippen LogP contribution < -0.4 is 10.6 Å². The smallest absolute Gasteiger partial charge is 0.315 e. The number of hydrogen-bond acceptors (Lipinski definition) is 5. The van der Waals surface area contributed by atoms with Gasteiger partial charge in [0.15, 0.2) is 0 Å². The highest BCUT2D eigenvalue weighted by Gasteiger charge is 2.48. The van der Waals surface area contributed by atoms with Crippen molar-refractivity contribution in [2.24, 2.45) is 11.8 Å². The first-order valence-electron chi connectivity index (χ1n) is 13.2. The number of nitrogens with one attached hydrogen (secondary N) is 2. The summed E-state index contributed by atoms with van der Waals surface area (Å²) in [5.74, 6) is -0.789. The fourth-order valence-corrected chi connectivity index (χ4v) is 6.38. The Labute approximate surface area is 212 Å². The van der Waals surface area contributed by atoms with Crippen molar-refractivity contribution < 1.29 is 19.1 Å². The average Bonchev–Trinajstić information content (AvgIpc) is 3.34. The number of likely N-dealkylation sites (tertiary alicyclic amines) is 1. The summed E-state index contributed by atoms with van der Waals surface area (Å²) in [6.45, 7) is 2.66. The lowest BCUT2D eigenvalue weighted by molar-refractivity contribution is -0.146. The third-order valence-electron chi connectivity index (χ3n) is 7.94. The molecule has 1 saturated carbocycles. The Morgan fingerprint density at radius 1 is 1.00 bits per heavy atom. The van der Waals surface area contributed by atoms with E-state index in [0.717, 1.165) is 37.8 Å². The molecule has 2 heterocycles. The second kappa shape index (κ2) is 10.7. The van der Waals surface area contributed by atoms with E-state index in [0.29, 0.717) is 6.54 Å². The van der Waals surface area contributed by atoms with Crippen molar-refractivity contribution in [3.8, 4) is 0 Å². The first kappa shape index (κ1) is 24.3. The van der Waals surface area contributed by atoms with E-state index in [4.69, 9.17) is 4.74 Å². The largest absolute Gasteiger partial charge is 0.466 e. The molecule has 0 spiro atoms. The molecule has 0 radical (unpaired) electrons. The van der Waals surface area contributed by atoms with E-state index in [1.165, 1.54) is 11.1 Å². The molecule has 1 aliphatic carbocycles. The number of carbonyl (C=O) groups excluding carboxylic acids is 3. The Bertz CT molecular complexity index is 1100. The SMILES string of the molecule is CCOC(=O)CC(=O)N[C@@H]1CCCC[C@@H]1C(=O)N1CC[C@@H]2[C@H](c3ccccc3)Nc3ccccc3[C@@H]21. The average molecular weight is 490 g/mol. The molecular weight excluding hydrogens is 454 g/mol. The van der Waals surface area contributed by atoms with Crippen molar-refractivity contribution in [3.05, 3.63) is 65.7 Å². The van der Waals surface area contributed by atoms with Crippen LogP contribution in [0.1, 0.15) is 68.7 Å². The number of anilines is 1. The van der Waals surface area contributed by atoms with E-state index in [1.807, 2.05) is 18.2 Å². The van der Waals surface area contributed by atoms with Gasteiger partial charge in [-0.15, -0.1) is 0 Å². The zero-order chi connectivity index (χ0) is 25.1. The van der Waals surface area contributed by atoms with Gasteiger partial charge in [-0.1, -0.05) is 61.4 Å². The molecule has 0 unspecified atom stereocenters. The molecular formula is C29H35N3O4. The normalized spacial score (nSPS) is 26.8. The van der Waals surface area contributed by atoms with E-state index in [-0.39, 0.29) is 54.8 Å². The zero-order valence-electron chi connectivity index (χ0n) is 20.8. The second-order valence-corrected chi connectivity index (χ2v) is 10.1. The van der Waals surface area contributed by atoms with E-state index < -0.39 is 5.97 Å². The maximum absolute atomic E-state index is 14.1. The number of hydrogen-bond donors (Lipinski definition) is 2. The number of fused-ring (bicyclic) bond motifs is 3. The molecule has 5 rings (SSSR count). The van der Waals surface area contributed by atoms with Crippen molar-refractivity contribution in [3.63, 3.8) is 0 Å². The number of carbonyl (C=O) groups is 3. The standard InChI is InChI=1S/C29H35N3O4/c1-2-36-26(34)18-25(33)30-24-15-9-7-13-21(24)29(35)32-17-16-22-27(19-10-4-3-5-11-19)31-23-14-8-6-12-20(23)28(22)32/h3-6,8,10-12,14,21-22,24,27-28,31H,2,7,9,13,15-18H2,1H3,(H,30,33)/t21-,22+,24+,27-,28-/m0/s1. The Balaban J connectivity index is 1.38. The van der Waals surface area contributed by atoms with Crippen molar-refractivity contribution in [1.82, 2.24) is 10.2 Å². The topological polar surface area (TPSA) is 87.7 Å². The molecule has 2 aromatic carbocycles. The van der Waals surface area contributed by atoms with E-state index >= 15 is 0 Å². The summed E-state index contributed by atoms with van der Waals surface area (Å²) >= 11 is 0. The maximum Gasteiger partial charge on any atom is 0.315 e. The fraction of sp³-hybridized carbons (Fsp3) is 0.483. The van der Waals surface area contributed by atoms with Crippen LogP contribution in [-0.4, -0.2) is 41.9 Å². The third-order valence-corrected chi connectivity index (χ3v) is 7.94. The number of esters is 1. The van der Waals surface area contributed by atoms with Crippen molar-refractivity contribution >= 4 is 23.5 Å². The van der Waals surface area contributed by atoms with Crippen LogP contribution in [-0.2, 0) is 19.1 Å². The lowest BCUT2D eigenvalue weighted by atomic mass is 9.79. The summed E-state index contributed by atoms with van der Waals surface area (Å²) in [6, 6.07) is 18.7. The summed E-state index contributed by atoms with van der Waals surface area (Å²) in [5.41, 5.74) is 3.48. The summed E-state index contributed by atoms with van der Waals surface area (Å²) in [5, 5.41) is 6.74. The number of benzene rings is 2. The number of rotatable bonds is 6. The Morgan fingerprint density at radius 2 is 1.75 bits per heavy atom. The number of amides is 2. The highest BCUT2D eigenvalue weighted by molar-refractivity contribution is 5.94. The van der Waals surface area contributed by atoms with Gasteiger partial charge < -0.3 is 20.3 Å². The molecule has 2 fully saturated rings. The number of para-hydroxylation sites is 1. The molecule has 3 aliphatic rings. The van der Waals surface area contributed by atoms with Crippen LogP contribution in [0.3, 0.4) is 0 Å². The maximum atomic E-state index is 14.1. The van der Waals surface area contributed by atoms with Crippen molar-refractivity contribution in [1.29, 1.82) is 0 Å². The van der Waals surface area contributed by atoms with E-state index in [9.17, 15) is 14.4 Å². The Morgan fingerprint density at radius 3 is 2.56 bits per heavy atom. The molecule has 2 N–H and O–H groups in total. The highest BCUT2D eigenvalue weighted by atomic mass is 16.5. The summed E-state index contributed by atoms with van der Waals surface area (Å²) < 4.78 is 4.92. The van der Waals surface area contributed by atoms with Gasteiger partial charge in [0.05, 0.1) is 24.6 Å². The predicted octanol–water partition coefficient (Wildman–Crippen LogP) is 4.37. The van der Waals surface area contributed by atoms with Crippen LogP contribution in [0.2, 0.25) is 0 Å². The lowest BCUT2D eigenvalue weighted by Gasteiger charge is -2.42. The molecule has 2 aromatic rings. The minimum atomic E-state index is -0.533. The summed E-state index contributed by atoms with van der Waals surface area (Å²) in [6.07, 6.45) is 4.04. The molecule has 2 aliphatic heterocycles. The van der Waals surface area contributed by atoms with Gasteiger partial charge in [0, 0.05) is 24.2 Å². The highest BCUT2D eigenvalue weighted by Crippen LogP contribution is 2.51. The van der Waals surface area contributed by atoms with Gasteiger partial charge in [0.1, 0.15) is 6.42 Å². The summed E-state index contributed by atoms with van der Waals surface area (Å²) in [4.78, 5) is 40.5. The van der Waals surface area contributed by atoms with Gasteiger partial charge in [-0.25, -0.2) is 0 Å². The third kappa shape index (κ3) is 4.84. The van der Waals surface area contributed by atoms with Crippen LogP contribution in [0.25, 0.3) is 0 Å². The van der Waals surface area contributed by atoms with Crippen LogP contribution >= 0.6 is 0 Å². The first-order valence-corrected chi connectivity index (χ1v) is 13.2. The van der Waals surface area contributed by atoms with Gasteiger partial charge >= 0.3 is 5.97 Å². The minimum absolute atomic E-state index is 0.00188. The monoisotopic (exact) mass is 489 g/mol. The first-order chi connectivity index (χ1) is 17.6. The minimum Gasteiger partial charge on any atom is -0.466 e. The second-order valence-electron chi connectivity index (χ2n) is 10.1. The number of nitrogens with zero attached hydrogens (tertiary/aromatic N) is 1. The molecule has 5 atom stereocenters. The molecule has 190 valence electrons. The van der Waals surface area contributed by atoms with E-state index in [1.54, 1.807) is 6.92 Å². The molecule has 2 amide bonds. The van der Waals surface area contributed by atoms with Crippen molar-refractivity contribution in [2.45, 2.75) is 63.6 Å². The van der Waals surface area contributed by atoms with Crippen LogP contribution in [0.5, 0.6) is 0 Å². The van der Waals surface area contributed by atoms with Gasteiger partial charge in [-0.05, 0) is 43.4 Å². The Kier molecular flexibility index (Phi) is 7.25. The molecule has 7 nitrogen and oxygen atoms in total. The van der Waals surface area contributed by atoms with E-state index in [2.05, 4.69) is 51.9 Å².